The van der Waals surface area contributed by atoms with Crippen molar-refractivity contribution in [3.8, 4) is 0 Å². The fourth-order valence-electron chi connectivity index (χ4n) is 1.03. The second-order valence-electron chi connectivity index (χ2n) is 3.31. The molecule has 0 bridgehead atoms. The van der Waals surface area contributed by atoms with E-state index < -0.39 is 0 Å². The van der Waals surface area contributed by atoms with Crippen molar-refractivity contribution in [3.63, 3.8) is 0 Å². The lowest BCUT2D eigenvalue weighted by Gasteiger charge is -2.08. The normalized spacial score (nSPS) is 25.1. The molecule has 0 saturated heterocycles. The molecular formula is C7H13NO. The van der Waals surface area contributed by atoms with Crippen LogP contribution in [0.4, 0.5) is 0 Å². The zero-order chi connectivity index (χ0) is 6.91. The molecule has 0 aromatic rings. The average Bonchev–Trinajstić information content (AvgIpc) is 2.48. The maximum atomic E-state index is 10.1. The van der Waals surface area contributed by atoms with Crippen molar-refractivity contribution in [3.05, 3.63) is 0 Å². The molecule has 1 fully saturated rings. The molecule has 0 aromatic heterocycles. The van der Waals surface area contributed by atoms with E-state index >= 15 is 0 Å². The Balaban J connectivity index is 2.24. The second-order valence-corrected chi connectivity index (χ2v) is 3.31. The quantitative estimate of drug-likeness (QED) is 0.567. The molecule has 1 aliphatic carbocycles. The Morgan fingerprint density at radius 1 is 1.78 bits per heavy atom. The van der Waals surface area contributed by atoms with Gasteiger partial charge in [0.05, 0.1) is 6.04 Å². The van der Waals surface area contributed by atoms with Gasteiger partial charge >= 0.3 is 0 Å². The van der Waals surface area contributed by atoms with Gasteiger partial charge in [-0.05, 0) is 24.7 Å². The SMILES string of the molecule is CC1(CC(N)C=O)CC1. The Bertz CT molecular complexity index is 118. The van der Waals surface area contributed by atoms with Gasteiger partial charge in [0.1, 0.15) is 6.29 Å². The Morgan fingerprint density at radius 3 is 2.67 bits per heavy atom. The van der Waals surface area contributed by atoms with Crippen molar-refractivity contribution in [1.29, 1.82) is 0 Å². The third-order valence-corrected chi connectivity index (χ3v) is 2.01. The van der Waals surface area contributed by atoms with E-state index in [9.17, 15) is 4.79 Å². The fraction of sp³-hybridized carbons (Fsp3) is 0.857. The van der Waals surface area contributed by atoms with Gasteiger partial charge in [-0.25, -0.2) is 0 Å². The van der Waals surface area contributed by atoms with Gasteiger partial charge in [-0.15, -0.1) is 0 Å². The van der Waals surface area contributed by atoms with E-state index in [1.807, 2.05) is 0 Å². The van der Waals surface area contributed by atoms with Crippen LogP contribution in [0, 0.1) is 5.41 Å². The summed E-state index contributed by atoms with van der Waals surface area (Å²) in [4.78, 5) is 10.1. The topological polar surface area (TPSA) is 43.1 Å². The van der Waals surface area contributed by atoms with Crippen molar-refractivity contribution < 1.29 is 4.79 Å². The lowest BCUT2D eigenvalue weighted by Crippen LogP contribution is -2.24. The van der Waals surface area contributed by atoms with Gasteiger partial charge in [0.15, 0.2) is 0 Å². The Hall–Kier alpha value is -0.370. The lowest BCUT2D eigenvalue weighted by molar-refractivity contribution is -0.109. The summed E-state index contributed by atoms with van der Waals surface area (Å²) in [6.07, 6.45) is 4.20. The predicted octanol–water partition coefficient (Wildman–Crippen LogP) is 0.703. The van der Waals surface area contributed by atoms with Crippen molar-refractivity contribution in [1.82, 2.24) is 0 Å². The summed E-state index contributed by atoms with van der Waals surface area (Å²) in [7, 11) is 0. The average molecular weight is 127 g/mol. The first-order chi connectivity index (χ1) is 4.16. The van der Waals surface area contributed by atoms with Crippen molar-refractivity contribution in [2.75, 3.05) is 0 Å². The van der Waals surface area contributed by atoms with Crippen LogP contribution in [0.15, 0.2) is 0 Å². The number of carbonyl (C=O) groups excluding carboxylic acids is 1. The minimum atomic E-state index is -0.225. The van der Waals surface area contributed by atoms with E-state index in [1.165, 1.54) is 12.8 Å². The minimum absolute atomic E-state index is 0.225. The van der Waals surface area contributed by atoms with Gasteiger partial charge < -0.3 is 10.5 Å². The number of hydrogen-bond acceptors (Lipinski definition) is 2. The van der Waals surface area contributed by atoms with E-state index in [4.69, 9.17) is 5.73 Å². The van der Waals surface area contributed by atoms with Gasteiger partial charge in [0.25, 0.3) is 0 Å². The van der Waals surface area contributed by atoms with Crippen LogP contribution in [-0.2, 0) is 4.79 Å². The molecule has 1 atom stereocenters. The van der Waals surface area contributed by atoms with Crippen molar-refractivity contribution in [2.24, 2.45) is 11.1 Å². The van der Waals surface area contributed by atoms with Crippen LogP contribution in [0.5, 0.6) is 0 Å². The molecule has 0 amide bonds. The lowest BCUT2D eigenvalue weighted by atomic mass is 10.0. The Labute approximate surface area is 55.4 Å². The first-order valence-corrected chi connectivity index (χ1v) is 3.37. The van der Waals surface area contributed by atoms with Crippen LogP contribution in [-0.4, -0.2) is 12.3 Å². The molecule has 2 nitrogen and oxygen atoms in total. The van der Waals surface area contributed by atoms with Gasteiger partial charge in [-0.3, -0.25) is 0 Å². The summed E-state index contributed by atoms with van der Waals surface area (Å²) in [5, 5.41) is 0. The van der Waals surface area contributed by atoms with Crippen molar-refractivity contribution in [2.45, 2.75) is 32.2 Å². The van der Waals surface area contributed by atoms with Crippen LogP contribution < -0.4 is 5.73 Å². The molecule has 0 radical (unpaired) electrons. The summed E-state index contributed by atoms with van der Waals surface area (Å²) in [5.41, 5.74) is 5.85. The van der Waals surface area contributed by atoms with E-state index in [0.717, 1.165) is 12.7 Å². The standard InChI is InChI=1S/C7H13NO/c1-7(2-3-7)4-6(8)5-9/h5-6H,2-4,8H2,1H3. The monoisotopic (exact) mass is 127 g/mol. The molecule has 9 heavy (non-hydrogen) atoms. The van der Waals surface area contributed by atoms with E-state index in [1.54, 1.807) is 0 Å². The van der Waals surface area contributed by atoms with Crippen LogP contribution in [0.2, 0.25) is 0 Å². The molecule has 52 valence electrons. The summed E-state index contributed by atoms with van der Waals surface area (Å²) in [5.74, 6) is 0. The highest BCUT2D eigenvalue weighted by Crippen LogP contribution is 2.48. The minimum Gasteiger partial charge on any atom is -0.322 e. The maximum absolute atomic E-state index is 10.1. The molecule has 2 N–H and O–H groups in total. The first-order valence-electron chi connectivity index (χ1n) is 3.37. The van der Waals surface area contributed by atoms with Crippen molar-refractivity contribution >= 4 is 6.29 Å². The highest BCUT2D eigenvalue weighted by Gasteiger charge is 2.38. The summed E-state index contributed by atoms with van der Waals surface area (Å²) < 4.78 is 0. The Morgan fingerprint density at radius 2 is 2.33 bits per heavy atom. The molecule has 0 aliphatic heterocycles. The summed E-state index contributed by atoms with van der Waals surface area (Å²) in [6.45, 7) is 2.18. The zero-order valence-electron chi connectivity index (χ0n) is 5.76. The number of hydrogen-bond donors (Lipinski definition) is 1. The second kappa shape index (κ2) is 2.10. The molecule has 1 saturated carbocycles. The molecule has 1 unspecified atom stereocenters. The summed E-state index contributed by atoms with van der Waals surface area (Å²) >= 11 is 0. The molecule has 0 heterocycles. The Kier molecular flexibility index (Phi) is 1.58. The first kappa shape index (κ1) is 6.75. The van der Waals surface area contributed by atoms with Gasteiger partial charge in [0.2, 0.25) is 0 Å². The fourth-order valence-corrected chi connectivity index (χ4v) is 1.03. The molecule has 2 heteroatoms. The molecule has 1 rings (SSSR count). The number of aldehydes is 1. The molecule has 1 aliphatic rings. The van der Waals surface area contributed by atoms with E-state index in [-0.39, 0.29) is 6.04 Å². The molecule has 0 spiro atoms. The largest absolute Gasteiger partial charge is 0.322 e. The number of carbonyl (C=O) groups is 1. The van der Waals surface area contributed by atoms with E-state index in [2.05, 4.69) is 6.92 Å². The number of rotatable bonds is 3. The van der Waals surface area contributed by atoms with Crippen LogP contribution in [0.1, 0.15) is 26.2 Å². The molecule has 0 aromatic carbocycles. The van der Waals surface area contributed by atoms with Gasteiger partial charge in [-0.2, -0.15) is 0 Å². The van der Waals surface area contributed by atoms with Crippen LogP contribution in [0.25, 0.3) is 0 Å². The third kappa shape index (κ3) is 1.79. The zero-order valence-corrected chi connectivity index (χ0v) is 5.76. The maximum Gasteiger partial charge on any atom is 0.136 e. The third-order valence-electron chi connectivity index (χ3n) is 2.01. The highest BCUT2D eigenvalue weighted by molar-refractivity contribution is 5.57. The predicted molar refractivity (Wildman–Crippen MR) is 36.0 cm³/mol. The van der Waals surface area contributed by atoms with Gasteiger partial charge in [-0.1, -0.05) is 6.92 Å². The van der Waals surface area contributed by atoms with Crippen LogP contribution in [0.3, 0.4) is 0 Å². The van der Waals surface area contributed by atoms with E-state index in [0.29, 0.717) is 5.41 Å². The number of nitrogens with two attached hydrogens (primary N) is 1. The van der Waals surface area contributed by atoms with Crippen LogP contribution >= 0.6 is 0 Å². The van der Waals surface area contributed by atoms with Gasteiger partial charge in [0, 0.05) is 0 Å². The summed E-state index contributed by atoms with van der Waals surface area (Å²) in [6, 6.07) is -0.225. The highest BCUT2D eigenvalue weighted by atomic mass is 16.1. The smallest absolute Gasteiger partial charge is 0.136 e. The molecular weight excluding hydrogens is 114 g/mol.